The van der Waals surface area contributed by atoms with Gasteiger partial charge >= 0.3 is 0 Å². The van der Waals surface area contributed by atoms with Crippen LogP contribution in [0.1, 0.15) is 37.2 Å². The van der Waals surface area contributed by atoms with E-state index in [1.54, 1.807) is 12.1 Å². The quantitative estimate of drug-likeness (QED) is 0.826. The van der Waals surface area contributed by atoms with Crippen molar-refractivity contribution in [2.75, 3.05) is 13.1 Å². The predicted octanol–water partition coefficient (Wildman–Crippen LogP) is 3.32. The molecule has 1 aliphatic heterocycles. The van der Waals surface area contributed by atoms with Crippen molar-refractivity contribution in [3.8, 4) is 0 Å². The van der Waals surface area contributed by atoms with E-state index in [0.29, 0.717) is 11.8 Å². The molecule has 1 aromatic rings. The molecule has 0 radical (unpaired) electrons. The van der Waals surface area contributed by atoms with Gasteiger partial charge in [-0.3, -0.25) is 0 Å². The van der Waals surface area contributed by atoms with E-state index in [0.717, 1.165) is 24.6 Å². The Morgan fingerprint density at radius 2 is 1.94 bits per heavy atom. The Labute approximate surface area is 102 Å². The van der Waals surface area contributed by atoms with Crippen molar-refractivity contribution in [1.29, 1.82) is 0 Å². The Hall–Kier alpha value is -0.890. The maximum Gasteiger partial charge on any atom is 0.126 e. The standard InChI is InChI=1S/C15H20FN/c16-15-7-2-1-6-13(15)14-10-17-9-8-12(14)11-4-3-5-11/h1-2,6-7,11-12,14,17H,3-5,8-10H2. The number of rotatable bonds is 2. The first-order valence-electron chi connectivity index (χ1n) is 6.81. The summed E-state index contributed by atoms with van der Waals surface area (Å²) in [5.74, 6) is 1.91. The van der Waals surface area contributed by atoms with Crippen molar-refractivity contribution in [2.45, 2.75) is 31.6 Å². The van der Waals surface area contributed by atoms with Gasteiger partial charge in [0.05, 0.1) is 0 Å². The van der Waals surface area contributed by atoms with Crippen LogP contribution in [0.3, 0.4) is 0 Å². The van der Waals surface area contributed by atoms with E-state index >= 15 is 0 Å². The van der Waals surface area contributed by atoms with Crippen molar-refractivity contribution in [3.63, 3.8) is 0 Å². The largest absolute Gasteiger partial charge is 0.316 e. The maximum atomic E-state index is 13.9. The summed E-state index contributed by atoms with van der Waals surface area (Å²) in [6, 6.07) is 7.32. The van der Waals surface area contributed by atoms with Crippen molar-refractivity contribution in [3.05, 3.63) is 35.6 Å². The highest BCUT2D eigenvalue weighted by Crippen LogP contribution is 2.44. The van der Waals surface area contributed by atoms with Gasteiger partial charge in [0.15, 0.2) is 0 Å². The molecule has 1 N–H and O–H groups in total. The van der Waals surface area contributed by atoms with Crippen molar-refractivity contribution in [1.82, 2.24) is 5.32 Å². The third kappa shape index (κ3) is 2.11. The number of hydrogen-bond acceptors (Lipinski definition) is 1. The monoisotopic (exact) mass is 233 g/mol. The Morgan fingerprint density at radius 3 is 2.65 bits per heavy atom. The lowest BCUT2D eigenvalue weighted by Crippen LogP contribution is -2.40. The van der Waals surface area contributed by atoms with Crippen LogP contribution in [0.25, 0.3) is 0 Å². The van der Waals surface area contributed by atoms with Crippen LogP contribution in [-0.4, -0.2) is 13.1 Å². The third-order valence-corrected chi connectivity index (χ3v) is 4.60. The second-order valence-electron chi connectivity index (χ2n) is 5.48. The molecular weight excluding hydrogens is 213 g/mol. The molecule has 0 bridgehead atoms. The predicted molar refractivity (Wildman–Crippen MR) is 67.5 cm³/mol. The summed E-state index contributed by atoms with van der Waals surface area (Å²) in [4.78, 5) is 0. The molecule has 0 aromatic heterocycles. The molecule has 17 heavy (non-hydrogen) atoms. The van der Waals surface area contributed by atoms with Crippen LogP contribution in [-0.2, 0) is 0 Å². The number of halogens is 1. The topological polar surface area (TPSA) is 12.0 Å². The summed E-state index contributed by atoms with van der Waals surface area (Å²) in [5.41, 5.74) is 0.927. The van der Waals surface area contributed by atoms with Gasteiger partial charge in [-0.05, 0) is 36.4 Å². The van der Waals surface area contributed by atoms with Gasteiger partial charge in [-0.2, -0.15) is 0 Å². The SMILES string of the molecule is Fc1ccccc1C1CNCCC1C1CCC1. The van der Waals surface area contributed by atoms with Crippen LogP contribution in [0, 0.1) is 17.7 Å². The van der Waals surface area contributed by atoms with Gasteiger partial charge in [0.25, 0.3) is 0 Å². The van der Waals surface area contributed by atoms with E-state index < -0.39 is 0 Å². The molecular formula is C15H20FN. The Bertz CT molecular complexity index is 386. The highest BCUT2D eigenvalue weighted by Gasteiger charge is 2.36. The second kappa shape index (κ2) is 4.77. The fourth-order valence-corrected chi connectivity index (χ4v) is 3.43. The molecule has 1 saturated heterocycles. The first-order valence-corrected chi connectivity index (χ1v) is 6.81. The molecule has 1 aliphatic carbocycles. The zero-order valence-corrected chi connectivity index (χ0v) is 10.2. The van der Waals surface area contributed by atoms with Crippen LogP contribution in [0.2, 0.25) is 0 Å². The summed E-state index contributed by atoms with van der Waals surface area (Å²) in [6.07, 6.45) is 5.30. The van der Waals surface area contributed by atoms with E-state index in [1.807, 2.05) is 12.1 Å². The number of nitrogens with one attached hydrogen (secondary N) is 1. The molecule has 2 aliphatic rings. The molecule has 2 heteroatoms. The highest BCUT2D eigenvalue weighted by atomic mass is 19.1. The van der Waals surface area contributed by atoms with Gasteiger partial charge in [0.1, 0.15) is 5.82 Å². The Balaban J connectivity index is 1.85. The number of hydrogen-bond donors (Lipinski definition) is 1. The summed E-state index contributed by atoms with van der Waals surface area (Å²) < 4.78 is 13.9. The van der Waals surface area contributed by atoms with E-state index in [-0.39, 0.29) is 5.82 Å². The van der Waals surface area contributed by atoms with Crippen LogP contribution >= 0.6 is 0 Å². The van der Waals surface area contributed by atoms with Gasteiger partial charge in [-0.25, -0.2) is 4.39 Å². The molecule has 1 heterocycles. The maximum absolute atomic E-state index is 13.9. The first kappa shape index (κ1) is 11.2. The van der Waals surface area contributed by atoms with Crippen molar-refractivity contribution < 1.29 is 4.39 Å². The average Bonchev–Trinajstić information content (AvgIpc) is 2.29. The molecule has 1 nitrogen and oxygen atoms in total. The van der Waals surface area contributed by atoms with Crippen LogP contribution in [0.5, 0.6) is 0 Å². The van der Waals surface area contributed by atoms with Crippen molar-refractivity contribution >= 4 is 0 Å². The fourth-order valence-electron chi connectivity index (χ4n) is 3.43. The lowest BCUT2D eigenvalue weighted by molar-refractivity contribution is 0.145. The molecule has 3 rings (SSSR count). The zero-order chi connectivity index (χ0) is 11.7. The number of piperidine rings is 1. The molecule has 2 atom stereocenters. The van der Waals surface area contributed by atoms with Crippen LogP contribution in [0.4, 0.5) is 4.39 Å². The highest BCUT2D eigenvalue weighted by molar-refractivity contribution is 5.24. The molecule has 1 aromatic carbocycles. The Morgan fingerprint density at radius 1 is 1.12 bits per heavy atom. The molecule has 0 spiro atoms. The van der Waals surface area contributed by atoms with E-state index in [4.69, 9.17) is 0 Å². The minimum absolute atomic E-state index is 0.0227. The first-order chi connectivity index (χ1) is 8.36. The summed E-state index contributed by atoms with van der Waals surface area (Å²) in [6.45, 7) is 2.05. The lowest BCUT2D eigenvalue weighted by atomic mass is 9.66. The summed E-state index contributed by atoms with van der Waals surface area (Å²) in [7, 11) is 0. The van der Waals surface area contributed by atoms with E-state index in [1.165, 1.54) is 25.7 Å². The minimum atomic E-state index is -0.0227. The van der Waals surface area contributed by atoms with Gasteiger partial charge in [0, 0.05) is 12.5 Å². The Kier molecular flexibility index (Phi) is 3.15. The van der Waals surface area contributed by atoms with Crippen molar-refractivity contribution in [2.24, 2.45) is 11.8 Å². The van der Waals surface area contributed by atoms with Gasteiger partial charge in [-0.1, -0.05) is 37.5 Å². The van der Waals surface area contributed by atoms with E-state index in [9.17, 15) is 4.39 Å². The molecule has 2 fully saturated rings. The van der Waals surface area contributed by atoms with Gasteiger partial charge < -0.3 is 5.32 Å². The van der Waals surface area contributed by atoms with Crippen LogP contribution in [0.15, 0.2) is 24.3 Å². The molecule has 1 saturated carbocycles. The normalized spacial score (nSPS) is 29.9. The van der Waals surface area contributed by atoms with Gasteiger partial charge in [0.2, 0.25) is 0 Å². The minimum Gasteiger partial charge on any atom is -0.316 e. The summed E-state index contributed by atoms with van der Waals surface area (Å²) >= 11 is 0. The molecule has 0 amide bonds. The average molecular weight is 233 g/mol. The third-order valence-electron chi connectivity index (χ3n) is 4.60. The smallest absolute Gasteiger partial charge is 0.126 e. The molecule has 2 unspecified atom stereocenters. The number of benzene rings is 1. The lowest BCUT2D eigenvalue weighted by Gasteiger charge is -2.42. The fraction of sp³-hybridized carbons (Fsp3) is 0.600. The van der Waals surface area contributed by atoms with E-state index in [2.05, 4.69) is 5.32 Å². The summed E-state index contributed by atoms with van der Waals surface area (Å²) in [5, 5.41) is 3.43. The molecule has 92 valence electrons. The second-order valence-corrected chi connectivity index (χ2v) is 5.48. The van der Waals surface area contributed by atoms with Crippen LogP contribution < -0.4 is 5.32 Å². The zero-order valence-electron chi connectivity index (χ0n) is 10.2. The van der Waals surface area contributed by atoms with Gasteiger partial charge in [-0.15, -0.1) is 0 Å².